The fourth-order valence-corrected chi connectivity index (χ4v) is 1.50. The second-order valence-electron chi connectivity index (χ2n) is 4.23. The van der Waals surface area contributed by atoms with Gasteiger partial charge in [0.15, 0.2) is 17.7 Å². The number of halogens is 1. The van der Waals surface area contributed by atoms with E-state index in [0.717, 1.165) is 13.0 Å². The lowest BCUT2D eigenvalue weighted by Gasteiger charge is -2.15. The van der Waals surface area contributed by atoms with Crippen molar-refractivity contribution in [2.45, 2.75) is 26.4 Å². The average Bonchev–Trinajstić information content (AvgIpc) is 2.41. The minimum absolute atomic E-state index is 0.0919. The molecule has 0 radical (unpaired) electrons. The Morgan fingerprint density at radius 1 is 1.32 bits per heavy atom. The van der Waals surface area contributed by atoms with E-state index in [1.165, 1.54) is 12.1 Å². The van der Waals surface area contributed by atoms with Crippen molar-refractivity contribution in [2.75, 3.05) is 19.6 Å². The zero-order valence-electron chi connectivity index (χ0n) is 11.4. The molecule has 1 aromatic carbocycles. The fourth-order valence-electron chi connectivity index (χ4n) is 1.50. The van der Waals surface area contributed by atoms with E-state index in [2.05, 4.69) is 17.6 Å². The summed E-state index contributed by atoms with van der Waals surface area (Å²) in [4.78, 5) is 11.7. The van der Waals surface area contributed by atoms with E-state index in [9.17, 15) is 9.18 Å². The summed E-state index contributed by atoms with van der Waals surface area (Å²) in [6.45, 7) is 5.85. The predicted molar refractivity (Wildman–Crippen MR) is 72.7 cm³/mol. The molecule has 5 heteroatoms. The highest BCUT2D eigenvalue weighted by atomic mass is 19.1. The Kier molecular flexibility index (Phi) is 6.89. The van der Waals surface area contributed by atoms with Gasteiger partial charge in [0.25, 0.3) is 5.91 Å². The molecule has 106 valence electrons. The maximum Gasteiger partial charge on any atom is 0.260 e. The molecule has 0 aliphatic heterocycles. The highest BCUT2D eigenvalue weighted by Crippen LogP contribution is 2.16. The Hall–Kier alpha value is -1.62. The molecule has 4 nitrogen and oxygen atoms in total. The van der Waals surface area contributed by atoms with Gasteiger partial charge in [0.2, 0.25) is 0 Å². The molecule has 2 N–H and O–H groups in total. The number of carbonyl (C=O) groups excluding carboxylic acids is 1. The third-order valence-electron chi connectivity index (χ3n) is 2.54. The maximum absolute atomic E-state index is 13.3. The van der Waals surface area contributed by atoms with Crippen LogP contribution in [0.1, 0.15) is 20.3 Å². The normalized spacial score (nSPS) is 11.9. The first-order chi connectivity index (χ1) is 9.15. The van der Waals surface area contributed by atoms with E-state index in [1.807, 2.05) is 0 Å². The number of para-hydroxylation sites is 1. The van der Waals surface area contributed by atoms with E-state index in [1.54, 1.807) is 19.1 Å². The van der Waals surface area contributed by atoms with Crippen LogP contribution in [-0.4, -0.2) is 31.6 Å². The Bertz CT molecular complexity index is 399. The summed E-state index contributed by atoms with van der Waals surface area (Å²) in [6.07, 6.45) is 0.337. The molecule has 19 heavy (non-hydrogen) atoms. The van der Waals surface area contributed by atoms with Crippen LogP contribution in [0.2, 0.25) is 0 Å². The molecule has 1 aromatic rings. The van der Waals surface area contributed by atoms with E-state index in [0.29, 0.717) is 13.1 Å². The Balaban J connectivity index is 2.31. The van der Waals surface area contributed by atoms with Gasteiger partial charge < -0.3 is 15.4 Å². The van der Waals surface area contributed by atoms with Crippen LogP contribution in [0, 0.1) is 5.82 Å². The van der Waals surface area contributed by atoms with Crippen LogP contribution in [0.15, 0.2) is 24.3 Å². The predicted octanol–water partition coefficient (Wildman–Crippen LogP) is 1.71. The zero-order valence-corrected chi connectivity index (χ0v) is 11.4. The molecule has 0 spiro atoms. The largest absolute Gasteiger partial charge is 0.478 e. The van der Waals surface area contributed by atoms with Gasteiger partial charge >= 0.3 is 0 Å². The van der Waals surface area contributed by atoms with Gasteiger partial charge in [0.1, 0.15) is 0 Å². The number of ether oxygens (including phenoxy) is 1. The fraction of sp³-hybridized carbons (Fsp3) is 0.500. The summed E-state index contributed by atoms with van der Waals surface area (Å²) in [6, 6.07) is 6.04. The average molecular weight is 268 g/mol. The monoisotopic (exact) mass is 268 g/mol. The summed E-state index contributed by atoms with van der Waals surface area (Å²) in [7, 11) is 0. The SMILES string of the molecule is CCCNCCNC(=O)C(C)Oc1ccccc1F. The molecule has 1 atom stereocenters. The highest BCUT2D eigenvalue weighted by Gasteiger charge is 2.15. The topological polar surface area (TPSA) is 50.4 Å². The lowest BCUT2D eigenvalue weighted by atomic mass is 10.3. The third kappa shape index (κ3) is 5.70. The van der Waals surface area contributed by atoms with Crippen molar-refractivity contribution in [1.82, 2.24) is 10.6 Å². The molecule has 0 fully saturated rings. The summed E-state index contributed by atoms with van der Waals surface area (Å²) in [5, 5.41) is 5.90. The molecule has 0 saturated carbocycles. The highest BCUT2D eigenvalue weighted by molar-refractivity contribution is 5.80. The van der Waals surface area contributed by atoms with Gasteiger partial charge in [-0.2, -0.15) is 0 Å². The second-order valence-corrected chi connectivity index (χ2v) is 4.23. The van der Waals surface area contributed by atoms with Crippen LogP contribution in [0.4, 0.5) is 4.39 Å². The molecular weight excluding hydrogens is 247 g/mol. The minimum atomic E-state index is -0.719. The smallest absolute Gasteiger partial charge is 0.260 e. The Morgan fingerprint density at radius 3 is 2.74 bits per heavy atom. The summed E-state index contributed by atoms with van der Waals surface area (Å²) < 4.78 is 18.6. The van der Waals surface area contributed by atoms with Gasteiger partial charge in [0, 0.05) is 13.1 Å². The molecule has 1 rings (SSSR count). The van der Waals surface area contributed by atoms with Gasteiger partial charge in [-0.15, -0.1) is 0 Å². The van der Waals surface area contributed by atoms with E-state index in [-0.39, 0.29) is 11.7 Å². The lowest BCUT2D eigenvalue weighted by Crippen LogP contribution is -2.39. The van der Waals surface area contributed by atoms with Crippen LogP contribution in [-0.2, 0) is 4.79 Å². The van der Waals surface area contributed by atoms with Crippen molar-refractivity contribution in [3.8, 4) is 5.75 Å². The number of nitrogens with one attached hydrogen (secondary N) is 2. The van der Waals surface area contributed by atoms with Gasteiger partial charge in [-0.1, -0.05) is 19.1 Å². The van der Waals surface area contributed by atoms with Crippen LogP contribution in [0.5, 0.6) is 5.75 Å². The van der Waals surface area contributed by atoms with Gasteiger partial charge in [0.05, 0.1) is 0 Å². The number of hydrogen-bond acceptors (Lipinski definition) is 3. The first-order valence-corrected chi connectivity index (χ1v) is 6.54. The minimum Gasteiger partial charge on any atom is -0.478 e. The Morgan fingerprint density at radius 2 is 2.05 bits per heavy atom. The van der Waals surface area contributed by atoms with Crippen LogP contribution < -0.4 is 15.4 Å². The number of hydrogen-bond donors (Lipinski definition) is 2. The van der Waals surface area contributed by atoms with E-state index < -0.39 is 11.9 Å². The standard InChI is InChI=1S/C14H21FN2O2/c1-3-8-16-9-10-17-14(18)11(2)19-13-7-5-4-6-12(13)15/h4-7,11,16H,3,8-10H2,1-2H3,(H,17,18). The molecule has 0 saturated heterocycles. The number of benzene rings is 1. The number of rotatable bonds is 8. The molecule has 1 amide bonds. The lowest BCUT2D eigenvalue weighted by molar-refractivity contribution is -0.127. The van der Waals surface area contributed by atoms with Gasteiger partial charge in [-0.05, 0) is 32.0 Å². The molecule has 0 bridgehead atoms. The van der Waals surface area contributed by atoms with Gasteiger partial charge in [-0.3, -0.25) is 4.79 Å². The van der Waals surface area contributed by atoms with Crippen molar-refractivity contribution in [3.63, 3.8) is 0 Å². The van der Waals surface area contributed by atoms with Crippen molar-refractivity contribution in [1.29, 1.82) is 0 Å². The molecule has 0 aliphatic rings. The van der Waals surface area contributed by atoms with E-state index >= 15 is 0 Å². The van der Waals surface area contributed by atoms with Crippen molar-refractivity contribution in [3.05, 3.63) is 30.1 Å². The van der Waals surface area contributed by atoms with Crippen molar-refractivity contribution >= 4 is 5.91 Å². The molecule has 1 unspecified atom stereocenters. The number of amides is 1. The first-order valence-electron chi connectivity index (χ1n) is 6.54. The quantitative estimate of drug-likeness (QED) is 0.706. The molecular formula is C14H21FN2O2. The molecule has 0 aromatic heterocycles. The molecule has 0 aliphatic carbocycles. The maximum atomic E-state index is 13.3. The van der Waals surface area contributed by atoms with Crippen LogP contribution in [0.3, 0.4) is 0 Å². The zero-order chi connectivity index (χ0) is 14.1. The summed E-state index contributed by atoms with van der Waals surface area (Å²) >= 11 is 0. The van der Waals surface area contributed by atoms with Crippen molar-refractivity contribution in [2.24, 2.45) is 0 Å². The van der Waals surface area contributed by atoms with E-state index in [4.69, 9.17) is 4.74 Å². The number of carbonyl (C=O) groups is 1. The van der Waals surface area contributed by atoms with Crippen LogP contribution in [0.25, 0.3) is 0 Å². The van der Waals surface area contributed by atoms with Gasteiger partial charge in [-0.25, -0.2) is 4.39 Å². The second kappa shape index (κ2) is 8.48. The van der Waals surface area contributed by atoms with Crippen LogP contribution >= 0.6 is 0 Å². The first kappa shape index (κ1) is 15.4. The van der Waals surface area contributed by atoms with Crippen molar-refractivity contribution < 1.29 is 13.9 Å². The summed E-state index contributed by atoms with van der Waals surface area (Å²) in [5.74, 6) is -0.623. The Labute approximate surface area is 113 Å². The molecule has 0 heterocycles. The third-order valence-corrected chi connectivity index (χ3v) is 2.54. The summed E-state index contributed by atoms with van der Waals surface area (Å²) in [5.41, 5.74) is 0.